The van der Waals surface area contributed by atoms with Crippen LogP contribution in [0.15, 0.2) is 18.2 Å². The molecule has 0 aliphatic rings. The SMILES string of the molecule is COc1ccc(CCNC(=O)[C@@H](CC(C)=O)NC(=O)OC(C)(C)C)cc1OC. The van der Waals surface area contributed by atoms with Gasteiger partial charge in [0.05, 0.1) is 14.2 Å². The Morgan fingerprint density at radius 2 is 1.71 bits per heavy atom. The van der Waals surface area contributed by atoms with E-state index >= 15 is 0 Å². The summed E-state index contributed by atoms with van der Waals surface area (Å²) in [7, 11) is 3.11. The number of hydrogen-bond donors (Lipinski definition) is 2. The van der Waals surface area contributed by atoms with Crippen molar-refractivity contribution < 1.29 is 28.6 Å². The molecule has 0 bridgehead atoms. The Hall–Kier alpha value is -2.77. The van der Waals surface area contributed by atoms with Gasteiger partial charge in [-0.3, -0.25) is 9.59 Å². The summed E-state index contributed by atoms with van der Waals surface area (Å²) in [5.74, 6) is 0.573. The van der Waals surface area contributed by atoms with Gasteiger partial charge in [-0.1, -0.05) is 6.07 Å². The molecule has 0 spiro atoms. The van der Waals surface area contributed by atoms with E-state index in [9.17, 15) is 14.4 Å². The van der Waals surface area contributed by atoms with Crippen LogP contribution < -0.4 is 20.1 Å². The lowest BCUT2D eigenvalue weighted by atomic mass is 10.1. The smallest absolute Gasteiger partial charge is 0.408 e. The molecular weight excluding hydrogens is 364 g/mol. The Morgan fingerprint density at radius 1 is 1.07 bits per heavy atom. The van der Waals surface area contributed by atoms with Crippen LogP contribution in [-0.2, 0) is 20.7 Å². The van der Waals surface area contributed by atoms with Crippen LogP contribution in [0.1, 0.15) is 39.7 Å². The van der Waals surface area contributed by atoms with E-state index in [4.69, 9.17) is 14.2 Å². The molecule has 156 valence electrons. The minimum absolute atomic E-state index is 0.110. The summed E-state index contributed by atoms with van der Waals surface area (Å²) in [6.07, 6.45) is -0.305. The lowest BCUT2D eigenvalue weighted by molar-refractivity contribution is -0.126. The maximum Gasteiger partial charge on any atom is 0.408 e. The second kappa shape index (κ2) is 10.5. The van der Waals surface area contributed by atoms with E-state index in [1.54, 1.807) is 41.1 Å². The molecule has 1 aromatic carbocycles. The predicted octanol–water partition coefficient (Wildman–Crippen LogP) is 2.23. The van der Waals surface area contributed by atoms with Gasteiger partial charge >= 0.3 is 6.09 Å². The van der Waals surface area contributed by atoms with Crippen molar-refractivity contribution in [3.05, 3.63) is 23.8 Å². The second-order valence-corrected chi connectivity index (χ2v) is 7.34. The van der Waals surface area contributed by atoms with E-state index in [0.717, 1.165) is 5.56 Å². The normalized spacial score (nSPS) is 11.9. The fraction of sp³-hybridized carbons (Fsp3) is 0.550. The minimum atomic E-state index is -0.988. The van der Waals surface area contributed by atoms with E-state index in [1.165, 1.54) is 6.92 Å². The van der Waals surface area contributed by atoms with Gasteiger partial charge in [0.2, 0.25) is 5.91 Å². The highest BCUT2D eigenvalue weighted by Crippen LogP contribution is 2.27. The summed E-state index contributed by atoms with van der Waals surface area (Å²) in [4.78, 5) is 35.8. The number of hydrogen-bond acceptors (Lipinski definition) is 6. The molecule has 1 aromatic rings. The van der Waals surface area contributed by atoms with Gasteiger partial charge in [-0.15, -0.1) is 0 Å². The first-order valence-corrected chi connectivity index (χ1v) is 9.03. The number of carbonyl (C=O) groups excluding carboxylic acids is 3. The molecule has 1 atom stereocenters. The molecule has 0 aliphatic carbocycles. The summed E-state index contributed by atoms with van der Waals surface area (Å²) in [6, 6.07) is 4.51. The third kappa shape index (κ3) is 8.28. The predicted molar refractivity (Wildman–Crippen MR) is 105 cm³/mol. The highest BCUT2D eigenvalue weighted by atomic mass is 16.6. The van der Waals surface area contributed by atoms with Crippen LogP contribution in [0.25, 0.3) is 0 Å². The van der Waals surface area contributed by atoms with Crippen LogP contribution in [-0.4, -0.2) is 50.2 Å². The van der Waals surface area contributed by atoms with Crippen molar-refractivity contribution >= 4 is 17.8 Å². The first-order valence-electron chi connectivity index (χ1n) is 9.03. The molecular formula is C20H30N2O6. The number of methoxy groups -OCH3 is 2. The highest BCUT2D eigenvalue weighted by Gasteiger charge is 2.25. The average molecular weight is 394 g/mol. The van der Waals surface area contributed by atoms with Gasteiger partial charge in [0, 0.05) is 13.0 Å². The van der Waals surface area contributed by atoms with E-state index in [1.807, 2.05) is 12.1 Å². The van der Waals surface area contributed by atoms with Crippen molar-refractivity contribution in [2.24, 2.45) is 0 Å². The summed E-state index contributed by atoms with van der Waals surface area (Å²) in [5.41, 5.74) is 0.246. The molecule has 0 unspecified atom stereocenters. The molecule has 0 aliphatic heterocycles. The summed E-state index contributed by atoms with van der Waals surface area (Å²) >= 11 is 0. The Balaban J connectivity index is 2.65. The number of Topliss-reactive ketones (excluding diaryl/α,β-unsaturated/α-hetero) is 1. The molecule has 1 rings (SSSR count). The molecule has 0 aromatic heterocycles. The van der Waals surface area contributed by atoms with E-state index < -0.39 is 23.6 Å². The topological polar surface area (TPSA) is 103 Å². The van der Waals surface area contributed by atoms with Crippen molar-refractivity contribution in [3.63, 3.8) is 0 Å². The number of benzene rings is 1. The maximum atomic E-state index is 12.4. The van der Waals surface area contributed by atoms with Crippen LogP contribution in [0.4, 0.5) is 4.79 Å². The quantitative estimate of drug-likeness (QED) is 0.666. The highest BCUT2D eigenvalue weighted by molar-refractivity contribution is 5.90. The fourth-order valence-corrected chi connectivity index (χ4v) is 2.44. The van der Waals surface area contributed by atoms with Crippen LogP contribution >= 0.6 is 0 Å². The van der Waals surface area contributed by atoms with Gasteiger partial charge in [-0.2, -0.15) is 0 Å². The fourth-order valence-electron chi connectivity index (χ4n) is 2.44. The monoisotopic (exact) mass is 394 g/mol. The molecule has 0 radical (unpaired) electrons. The van der Waals surface area contributed by atoms with Gasteiger partial charge in [-0.05, 0) is 51.8 Å². The van der Waals surface area contributed by atoms with Crippen molar-refractivity contribution in [2.45, 2.75) is 52.2 Å². The third-order valence-electron chi connectivity index (χ3n) is 3.66. The van der Waals surface area contributed by atoms with Gasteiger partial charge < -0.3 is 24.8 Å². The molecule has 8 nitrogen and oxygen atoms in total. The molecule has 2 amide bonds. The van der Waals surface area contributed by atoms with Crippen molar-refractivity contribution in [1.29, 1.82) is 0 Å². The number of nitrogens with one attached hydrogen (secondary N) is 2. The minimum Gasteiger partial charge on any atom is -0.493 e. The molecule has 8 heteroatoms. The lowest BCUT2D eigenvalue weighted by Gasteiger charge is -2.23. The number of ether oxygens (including phenoxy) is 3. The maximum absolute atomic E-state index is 12.4. The van der Waals surface area contributed by atoms with E-state index in [-0.39, 0.29) is 12.2 Å². The Kier molecular flexibility index (Phi) is 8.76. The summed E-state index contributed by atoms with van der Waals surface area (Å²) in [5, 5.41) is 5.19. The zero-order valence-electron chi connectivity index (χ0n) is 17.4. The first kappa shape index (κ1) is 23.3. The van der Waals surface area contributed by atoms with E-state index in [0.29, 0.717) is 24.5 Å². The second-order valence-electron chi connectivity index (χ2n) is 7.34. The van der Waals surface area contributed by atoms with Crippen molar-refractivity contribution in [2.75, 3.05) is 20.8 Å². The van der Waals surface area contributed by atoms with Crippen LogP contribution in [0.5, 0.6) is 11.5 Å². The Bertz CT molecular complexity index is 696. The van der Waals surface area contributed by atoms with Crippen LogP contribution in [0, 0.1) is 0 Å². The van der Waals surface area contributed by atoms with Crippen LogP contribution in [0.2, 0.25) is 0 Å². The number of amides is 2. The first-order chi connectivity index (χ1) is 13.1. The van der Waals surface area contributed by atoms with Gasteiger partial charge in [0.25, 0.3) is 0 Å². The van der Waals surface area contributed by atoms with Crippen LogP contribution in [0.3, 0.4) is 0 Å². The van der Waals surface area contributed by atoms with E-state index in [2.05, 4.69) is 10.6 Å². The molecule has 0 saturated carbocycles. The Labute approximate surface area is 165 Å². The molecule has 2 N–H and O–H groups in total. The number of ketones is 1. The average Bonchev–Trinajstić information content (AvgIpc) is 2.58. The van der Waals surface area contributed by atoms with Gasteiger partial charge in [-0.25, -0.2) is 4.79 Å². The zero-order valence-corrected chi connectivity index (χ0v) is 17.4. The van der Waals surface area contributed by atoms with Gasteiger partial charge in [0.15, 0.2) is 11.5 Å². The molecule has 28 heavy (non-hydrogen) atoms. The lowest BCUT2D eigenvalue weighted by Crippen LogP contribution is -2.49. The molecule has 0 saturated heterocycles. The van der Waals surface area contributed by atoms with Crippen molar-refractivity contribution in [3.8, 4) is 11.5 Å². The van der Waals surface area contributed by atoms with Gasteiger partial charge in [0.1, 0.15) is 17.4 Å². The summed E-state index contributed by atoms with van der Waals surface area (Å²) in [6.45, 7) is 6.85. The number of alkyl carbamates (subject to hydrolysis) is 1. The van der Waals surface area contributed by atoms with Crippen molar-refractivity contribution in [1.82, 2.24) is 10.6 Å². The largest absolute Gasteiger partial charge is 0.493 e. The standard InChI is InChI=1S/C20H30N2O6/c1-13(23)11-15(22-19(25)28-20(2,3)4)18(24)21-10-9-14-7-8-16(26-5)17(12-14)27-6/h7-8,12,15H,9-11H2,1-6H3,(H,21,24)(H,22,25)/t15-/m1/s1. The molecule has 0 heterocycles. The summed E-state index contributed by atoms with van der Waals surface area (Å²) < 4.78 is 15.6. The Morgan fingerprint density at radius 3 is 2.25 bits per heavy atom. The third-order valence-corrected chi connectivity index (χ3v) is 3.66. The number of carbonyl (C=O) groups is 3. The zero-order chi connectivity index (χ0) is 21.3. The molecule has 0 fully saturated rings. The number of rotatable bonds is 9.